The summed E-state index contributed by atoms with van der Waals surface area (Å²) in [4.78, 5) is 27.9. The van der Waals surface area contributed by atoms with E-state index < -0.39 is 5.91 Å². The fourth-order valence-corrected chi connectivity index (χ4v) is 3.59. The molecule has 3 aromatic rings. The first kappa shape index (κ1) is 19.7. The molecule has 7 heteroatoms. The maximum absolute atomic E-state index is 12.2. The maximum Gasteiger partial charge on any atom is 0.248 e. The van der Waals surface area contributed by atoms with Gasteiger partial charge < -0.3 is 11.1 Å². The molecule has 6 nitrogen and oxygen atoms in total. The van der Waals surface area contributed by atoms with Crippen molar-refractivity contribution in [2.24, 2.45) is 5.73 Å². The van der Waals surface area contributed by atoms with Crippen LogP contribution in [0.5, 0.6) is 0 Å². The smallest absolute Gasteiger partial charge is 0.248 e. The summed E-state index contributed by atoms with van der Waals surface area (Å²) in [6, 6.07) is 13.0. The van der Waals surface area contributed by atoms with E-state index in [0.717, 1.165) is 16.4 Å². The van der Waals surface area contributed by atoms with E-state index in [1.165, 1.54) is 22.9 Å². The summed E-state index contributed by atoms with van der Waals surface area (Å²) in [5, 5.41) is 3.62. The van der Waals surface area contributed by atoms with Crippen molar-refractivity contribution in [3.05, 3.63) is 77.1 Å². The molecule has 0 unspecified atom stereocenters. The van der Waals surface area contributed by atoms with Crippen LogP contribution in [0, 0.1) is 13.8 Å². The van der Waals surface area contributed by atoms with Crippen LogP contribution in [0.2, 0.25) is 0 Å². The van der Waals surface area contributed by atoms with Crippen LogP contribution in [0.3, 0.4) is 0 Å². The highest BCUT2D eigenvalue weighted by molar-refractivity contribution is 7.99. The van der Waals surface area contributed by atoms with E-state index in [2.05, 4.69) is 30.2 Å². The van der Waals surface area contributed by atoms with E-state index in [-0.39, 0.29) is 11.7 Å². The second-order valence-electron chi connectivity index (χ2n) is 6.43. The quantitative estimate of drug-likeness (QED) is 0.603. The van der Waals surface area contributed by atoms with Gasteiger partial charge in [-0.15, -0.1) is 0 Å². The second kappa shape index (κ2) is 8.75. The minimum absolute atomic E-state index is 0.106. The topological polar surface area (TPSA) is 90.0 Å². The lowest BCUT2D eigenvalue weighted by Crippen LogP contribution is -2.25. The summed E-state index contributed by atoms with van der Waals surface area (Å²) in [5.41, 5.74) is 9.98. The molecule has 3 N–H and O–H groups in total. The van der Waals surface area contributed by atoms with Crippen molar-refractivity contribution in [2.75, 3.05) is 5.75 Å². The fraction of sp³-hybridized carbons (Fsp3) is 0.190. The van der Waals surface area contributed by atoms with Crippen LogP contribution in [0.25, 0.3) is 5.69 Å². The number of amides is 2. The van der Waals surface area contributed by atoms with E-state index in [1.807, 2.05) is 29.0 Å². The Balaban J connectivity index is 1.60. The number of carbonyl (C=O) groups excluding carboxylic acids is 2. The van der Waals surface area contributed by atoms with Crippen LogP contribution >= 0.6 is 11.8 Å². The second-order valence-corrected chi connectivity index (χ2v) is 7.37. The van der Waals surface area contributed by atoms with Crippen LogP contribution in [-0.4, -0.2) is 27.1 Å². The number of aryl methyl sites for hydroxylation is 1. The molecule has 0 aliphatic heterocycles. The number of aromatic nitrogens is 2. The Morgan fingerprint density at radius 2 is 1.96 bits per heavy atom. The average Bonchev–Trinajstić information content (AvgIpc) is 3.15. The number of thioether (sulfide) groups is 1. The third kappa shape index (κ3) is 4.61. The zero-order valence-corrected chi connectivity index (χ0v) is 16.6. The number of nitrogens with two attached hydrogens (primary N) is 1. The van der Waals surface area contributed by atoms with Gasteiger partial charge >= 0.3 is 0 Å². The Hall–Kier alpha value is -3.06. The van der Waals surface area contributed by atoms with Gasteiger partial charge in [0.25, 0.3) is 0 Å². The largest absolute Gasteiger partial charge is 0.366 e. The molecule has 0 saturated carbocycles. The van der Waals surface area contributed by atoms with Crippen LogP contribution < -0.4 is 11.1 Å². The molecule has 2 amide bonds. The highest BCUT2D eigenvalue weighted by atomic mass is 32.2. The van der Waals surface area contributed by atoms with E-state index in [4.69, 9.17) is 5.73 Å². The third-order valence-electron chi connectivity index (χ3n) is 4.48. The van der Waals surface area contributed by atoms with Gasteiger partial charge in [-0.2, -0.15) is 0 Å². The molecule has 0 aliphatic rings. The number of carbonyl (C=O) groups is 2. The molecular formula is C21H22N4O2S. The molecular weight excluding hydrogens is 372 g/mol. The summed E-state index contributed by atoms with van der Waals surface area (Å²) >= 11 is 1.38. The van der Waals surface area contributed by atoms with Crippen molar-refractivity contribution in [3.63, 3.8) is 0 Å². The zero-order chi connectivity index (χ0) is 20.1. The number of nitrogens with zero attached hydrogens (tertiary/aromatic N) is 2. The lowest BCUT2D eigenvalue weighted by Gasteiger charge is -2.12. The highest BCUT2D eigenvalue weighted by Gasteiger charge is 2.11. The van der Waals surface area contributed by atoms with Crippen molar-refractivity contribution >= 4 is 23.6 Å². The minimum Gasteiger partial charge on any atom is -0.366 e. The summed E-state index contributed by atoms with van der Waals surface area (Å²) in [6.07, 6.45) is 3.63. The van der Waals surface area contributed by atoms with E-state index in [9.17, 15) is 9.59 Å². The average molecular weight is 395 g/mol. The summed E-state index contributed by atoms with van der Waals surface area (Å²) in [7, 11) is 0. The van der Waals surface area contributed by atoms with Gasteiger partial charge in [0.05, 0.1) is 11.4 Å². The first-order chi connectivity index (χ1) is 13.5. The van der Waals surface area contributed by atoms with Crippen LogP contribution in [0.4, 0.5) is 0 Å². The zero-order valence-electron chi connectivity index (χ0n) is 15.8. The van der Waals surface area contributed by atoms with Crippen LogP contribution in [0.1, 0.15) is 27.0 Å². The molecule has 0 radical (unpaired) electrons. The Labute approximate surface area is 168 Å². The molecule has 0 fully saturated rings. The molecule has 0 bridgehead atoms. The predicted molar refractivity (Wildman–Crippen MR) is 111 cm³/mol. The first-order valence-corrected chi connectivity index (χ1v) is 9.82. The number of rotatable bonds is 7. The van der Waals surface area contributed by atoms with Gasteiger partial charge in [0.1, 0.15) is 0 Å². The number of primary amides is 1. The van der Waals surface area contributed by atoms with Crippen molar-refractivity contribution < 1.29 is 9.59 Å². The molecule has 144 valence electrons. The molecule has 0 saturated heterocycles. The third-order valence-corrected chi connectivity index (χ3v) is 5.44. The molecule has 1 aromatic heterocycles. The van der Waals surface area contributed by atoms with Gasteiger partial charge in [-0.3, -0.25) is 14.2 Å². The number of benzene rings is 2. The van der Waals surface area contributed by atoms with E-state index in [1.54, 1.807) is 24.4 Å². The molecule has 0 spiro atoms. The van der Waals surface area contributed by atoms with Crippen molar-refractivity contribution in [1.82, 2.24) is 14.9 Å². The van der Waals surface area contributed by atoms with E-state index >= 15 is 0 Å². The SMILES string of the molecule is Cc1cccc(-n2ccnc2SCC(=O)NCc2cccc(C(N)=O)c2)c1C. The van der Waals surface area contributed by atoms with Crippen molar-refractivity contribution in [2.45, 2.75) is 25.5 Å². The Morgan fingerprint density at radius 3 is 2.75 bits per heavy atom. The summed E-state index contributed by atoms with van der Waals surface area (Å²) < 4.78 is 2.00. The monoisotopic (exact) mass is 394 g/mol. The van der Waals surface area contributed by atoms with Gasteiger partial charge in [-0.25, -0.2) is 4.98 Å². The molecule has 3 rings (SSSR count). The Bertz CT molecular complexity index is 1010. The molecule has 1 heterocycles. The van der Waals surface area contributed by atoms with Crippen molar-refractivity contribution in [1.29, 1.82) is 0 Å². The van der Waals surface area contributed by atoms with E-state index in [0.29, 0.717) is 12.1 Å². The molecule has 28 heavy (non-hydrogen) atoms. The highest BCUT2D eigenvalue weighted by Crippen LogP contribution is 2.24. The number of nitrogens with one attached hydrogen (secondary N) is 1. The van der Waals surface area contributed by atoms with Gasteiger partial charge in [-0.05, 0) is 48.7 Å². The van der Waals surface area contributed by atoms with Gasteiger partial charge in [0.2, 0.25) is 11.8 Å². The van der Waals surface area contributed by atoms with Crippen molar-refractivity contribution in [3.8, 4) is 5.69 Å². The summed E-state index contributed by atoms with van der Waals surface area (Å²) in [5.74, 6) is -0.343. The van der Waals surface area contributed by atoms with Gasteiger partial charge in [0, 0.05) is 24.5 Å². The van der Waals surface area contributed by atoms with Crippen LogP contribution in [-0.2, 0) is 11.3 Å². The van der Waals surface area contributed by atoms with Crippen LogP contribution in [0.15, 0.2) is 60.0 Å². The normalized spacial score (nSPS) is 10.6. The lowest BCUT2D eigenvalue weighted by molar-refractivity contribution is -0.118. The fourth-order valence-electron chi connectivity index (χ4n) is 2.79. The number of hydrogen-bond acceptors (Lipinski definition) is 4. The summed E-state index contributed by atoms with van der Waals surface area (Å²) in [6.45, 7) is 4.49. The van der Waals surface area contributed by atoms with Gasteiger partial charge in [-0.1, -0.05) is 36.0 Å². The Kier molecular flexibility index (Phi) is 6.16. The predicted octanol–water partition coefficient (Wildman–Crippen LogP) is 3.00. The molecule has 0 atom stereocenters. The molecule has 2 aromatic carbocycles. The Morgan fingerprint density at radius 1 is 1.18 bits per heavy atom. The maximum atomic E-state index is 12.2. The number of imidazole rings is 1. The first-order valence-electron chi connectivity index (χ1n) is 8.84. The van der Waals surface area contributed by atoms with Gasteiger partial charge in [0.15, 0.2) is 5.16 Å². The number of hydrogen-bond donors (Lipinski definition) is 2. The molecule has 0 aliphatic carbocycles. The lowest BCUT2D eigenvalue weighted by atomic mass is 10.1. The minimum atomic E-state index is -0.484. The standard InChI is InChI=1S/C21H22N4O2S/c1-14-5-3-8-18(15(14)2)25-10-9-23-21(25)28-13-19(26)24-12-16-6-4-7-17(11-16)20(22)27/h3-11H,12-13H2,1-2H3,(H2,22,27)(H,24,26).